The molecule has 1 heterocycles. The summed E-state index contributed by atoms with van der Waals surface area (Å²) in [5.41, 5.74) is 0. The Morgan fingerprint density at radius 2 is 1.65 bits per heavy atom. The zero-order valence-electron chi connectivity index (χ0n) is 11.3. The van der Waals surface area contributed by atoms with Crippen LogP contribution in [0.1, 0.15) is 13.3 Å². The lowest BCUT2D eigenvalue weighted by Crippen LogP contribution is -2.39. The van der Waals surface area contributed by atoms with Gasteiger partial charge in [-0.25, -0.2) is 0 Å². The highest BCUT2D eigenvalue weighted by molar-refractivity contribution is 8.18. The number of hydrogen-bond acceptors (Lipinski definition) is 5. The third-order valence-electron chi connectivity index (χ3n) is 2.62. The van der Waals surface area contributed by atoms with Crippen LogP contribution in [0, 0.1) is 5.92 Å². The van der Waals surface area contributed by atoms with Crippen molar-refractivity contribution in [3.05, 3.63) is 23.0 Å². The molecule has 0 aromatic heterocycles. The first-order valence-corrected chi connectivity index (χ1v) is 8.38. The van der Waals surface area contributed by atoms with Gasteiger partial charge in [-0.2, -0.15) is 0 Å². The van der Waals surface area contributed by atoms with E-state index in [4.69, 9.17) is 0 Å². The maximum Gasteiger partial charge on any atom is 0.244 e. The van der Waals surface area contributed by atoms with Crippen molar-refractivity contribution in [2.75, 3.05) is 18.2 Å². The van der Waals surface area contributed by atoms with Crippen molar-refractivity contribution in [2.24, 2.45) is 5.92 Å². The number of carbonyl (C=O) groups excluding carboxylic acids is 3. The molecule has 0 unspecified atom stereocenters. The van der Waals surface area contributed by atoms with Gasteiger partial charge in [-0.1, -0.05) is 6.92 Å². The van der Waals surface area contributed by atoms with E-state index < -0.39 is 5.92 Å². The van der Waals surface area contributed by atoms with Crippen LogP contribution >= 0.6 is 23.5 Å². The SMILES string of the molecule is CCC(=O)C1CNC(=O)/C=C/SCS/C=C/C(=O)NC1. The summed E-state index contributed by atoms with van der Waals surface area (Å²) < 4.78 is 0. The van der Waals surface area contributed by atoms with Gasteiger partial charge in [-0.05, 0) is 10.8 Å². The van der Waals surface area contributed by atoms with Gasteiger partial charge in [0.05, 0.1) is 5.92 Å². The molecular formula is C13H18N2O3S2. The maximum atomic E-state index is 11.8. The van der Waals surface area contributed by atoms with E-state index in [2.05, 4.69) is 10.6 Å². The quantitative estimate of drug-likeness (QED) is 0.803. The van der Waals surface area contributed by atoms with Crippen LogP contribution in [0.15, 0.2) is 23.0 Å². The number of thioether (sulfide) groups is 2. The predicted octanol–water partition coefficient (Wildman–Crippen LogP) is 1.28. The number of rotatable bonds is 2. The van der Waals surface area contributed by atoms with Gasteiger partial charge in [0, 0.05) is 36.7 Å². The summed E-state index contributed by atoms with van der Waals surface area (Å²) in [5, 5.41) is 9.50. The van der Waals surface area contributed by atoms with Gasteiger partial charge in [0.25, 0.3) is 0 Å². The van der Waals surface area contributed by atoms with Gasteiger partial charge in [0.2, 0.25) is 11.8 Å². The van der Waals surface area contributed by atoms with Crippen molar-refractivity contribution in [2.45, 2.75) is 13.3 Å². The van der Waals surface area contributed by atoms with Gasteiger partial charge in [-0.3, -0.25) is 14.4 Å². The van der Waals surface area contributed by atoms with E-state index in [9.17, 15) is 14.4 Å². The van der Waals surface area contributed by atoms with Crippen LogP contribution in [0.3, 0.4) is 0 Å². The summed E-state index contributed by atoms with van der Waals surface area (Å²) in [4.78, 5) is 34.9. The van der Waals surface area contributed by atoms with Crippen LogP contribution in [0.25, 0.3) is 0 Å². The normalized spacial score (nSPS) is 22.2. The van der Waals surface area contributed by atoms with Crippen molar-refractivity contribution in [3.8, 4) is 0 Å². The summed E-state index contributed by atoms with van der Waals surface area (Å²) in [6.45, 7) is 2.24. The molecule has 2 N–H and O–H groups in total. The molecule has 0 aromatic carbocycles. The van der Waals surface area contributed by atoms with Crippen LogP contribution in [-0.2, 0) is 14.4 Å². The van der Waals surface area contributed by atoms with Crippen LogP contribution in [0.2, 0.25) is 0 Å². The lowest BCUT2D eigenvalue weighted by Gasteiger charge is -2.15. The van der Waals surface area contributed by atoms with Crippen molar-refractivity contribution in [3.63, 3.8) is 0 Å². The largest absolute Gasteiger partial charge is 0.352 e. The van der Waals surface area contributed by atoms with Gasteiger partial charge < -0.3 is 10.6 Å². The molecule has 7 heteroatoms. The number of ketones is 1. The first-order chi connectivity index (χ1) is 9.63. The maximum absolute atomic E-state index is 11.8. The Labute approximate surface area is 127 Å². The molecule has 1 aliphatic rings. The lowest BCUT2D eigenvalue weighted by atomic mass is 10.0. The van der Waals surface area contributed by atoms with E-state index in [0.29, 0.717) is 6.42 Å². The second kappa shape index (κ2) is 9.66. The summed E-state index contributed by atoms with van der Waals surface area (Å²) in [7, 11) is 0. The fraction of sp³-hybridized carbons (Fsp3) is 0.462. The summed E-state index contributed by atoms with van der Waals surface area (Å²) in [6.07, 6.45) is 3.29. The molecule has 0 bridgehead atoms. The number of carbonyl (C=O) groups is 3. The molecule has 20 heavy (non-hydrogen) atoms. The lowest BCUT2D eigenvalue weighted by molar-refractivity contribution is -0.123. The standard InChI is InChI=1S/C13H18N2O3S2/c1-2-11(16)10-7-14-12(17)3-5-19-9-20-6-4-13(18)15-8-10/h3-6,10H,2,7-9H2,1H3,(H,14,17)(H,15,18)/b5-3+,6-4+. The Hall–Kier alpha value is -1.21. The molecule has 0 saturated heterocycles. The Kier molecular flexibility index (Phi) is 8.13. The first kappa shape index (κ1) is 16.8. The number of Topliss-reactive ketones (excluding diaryl/α,β-unsaturated/α-hetero) is 1. The number of amides is 2. The monoisotopic (exact) mass is 314 g/mol. The number of nitrogens with one attached hydrogen (secondary N) is 2. The minimum Gasteiger partial charge on any atom is -0.352 e. The summed E-state index contributed by atoms with van der Waals surface area (Å²) in [6, 6.07) is 0. The van der Waals surface area contributed by atoms with Crippen LogP contribution in [0.5, 0.6) is 0 Å². The fourth-order valence-electron chi connectivity index (χ4n) is 1.49. The first-order valence-electron chi connectivity index (χ1n) is 6.28. The average Bonchev–Trinajstić information content (AvgIpc) is 2.44. The molecule has 1 rings (SSSR count). The smallest absolute Gasteiger partial charge is 0.244 e. The Morgan fingerprint density at radius 1 is 1.15 bits per heavy atom. The average molecular weight is 314 g/mol. The van der Waals surface area contributed by atoms with Crippen molar-refractivity contribution < 1.29 is 14.4 Å². The molecule has 0 fully saturated rings. The Morgan fingerprint density at radius 3 is 2.10 bits per heavy atom. The molecule has 0 aliphatic carbocycles. The molecule has 0 saturated carbocycles. The fourth-order valence-corrected chi connectivity index (χ4v) is 2.87. The van der Waals surface area contributed by atoms with E-state index in [-0.39, 0.29) is 30.7 Å². The van der Waals surface area contributed by atoms with E-state index in [0.717, 1.165) is 5.08 Å². The highest BCUT2D eigenvalue weighted by atomic mass is 32.2. The summed E-state index contributed by atoms with van der Waals surface area (Å²) in [5.74, 6) is -0.821. The van der Waals surface area contributed by atoms with Gasteiger partial charge in [-0.15, -0.1) is 23.5 Å². The molecule has 0 radical (unpaired) electrons. The molecule has 2 amide bonds. The molecule has 1 aliphatic heterocycles. The third kappa shape index (κ3) is 6.81. The zero-order valence-corrected chi connectivity index (χ0v) is 12.9. The van der Waals surface area contributed by atoms with Crippen LogP contribution < -0.4 is 10.6 Å². The highest BCUT2D eigenvalue weighted by Gasteiger charge is 2.17. The third-order valence-corrected chi connectivity index (χ3v) is 4.36. The molecule has 110 valence electrons. The highest BCUT2D eigenvalue weighted by Crippen LogP contribution is 2.14. The van der Waals surface area contributed by atoms with Crippen molar-refractivity contribution in [1.82, 2.24) is 10.6 Å². The molecule has 0 spiro atoms. The second-order valence-electron chi connectivity index (χ2n) is 4.06. The van der Waals surface area contributed by atoms with E-state index in [1.54, 1.807) is 17.7 Å². The molecule has 5 nitrogen and oxygen atoms in total. The minimum atomic E-state index is -0.391. The zero-order chi connectivity index (χ0) is 14.8. The van der Waals surface area contributed by atoms with Crippen LogP contribution in [0.4, 0.5) is 0 Å². The minimum absolute atomic E-state index is 0.0226. The van der Waals surface area contributed by atoms with E-state index >= 15 is 0 Å². The number of hydrogen-bond donors (Lipinski definition) is 2. The van der Waals surface area contributed by atoms with Gasteiger partial charge >= 0.3 is 0 Å². The second-order valence-corrected chi connectivity index (χ2v) is 6.22. The van der Waals surface area contributed by atoms with Gasteiger partial charge in [0.1, 0.15) is 5.78 Å². The Balaban J connectivity index is 2.69. The van der Waals surface area contributed by atoms with E-state index in [1.807, 2.05) is 0 Å². The topological polar surface area (TPSA) is 75.3 Å². The summed E-state index contributed by atoms with van der Waals surface area (Å²) >= 11 is 2.94. The molecule has 0 aromatic rings. The Bertz CT molecular complexity index is 392. The van der Waals surface area contributed by atoms with E-state index in [1.165, 1.54) is 35.7 Å². The van der Waals surface area contributed by atoms with Crippen LogP contribution in [-0.4, -0.2) is 35.8 Å². The molecule has 0 atom stereocenters. The predicted molar refractivity (Wildman–Crippen MR) is 83.1 cm³/mol. The van der Waals surface area contributed by atoms with Crippen molar-refractivity contribution >= 4 is 41.1 Å². The van der Waals surface area contributed by atoms with Crippen molar-refractivity contribution in [1.29, 1.82) is 0 Å². The molecular weight excluding hydrogens is 296 g/mol. The van der Waals surface area contributed by atoms with Gasteiger partial charge in [0.15, 0.2) is 0 Å².